The molecule has 0 spiro atoms. The Hall–Kier alpha value is -1.16. The fraction of sp³-hybridized carbons (Fsp3) is 0.455. The minimum absolute atomic E-state index is 0.788. The van der Waals surface area contributed by atoms with Crippen molar-refractivity contribution in [3.8, 4) is 12.3 Å². The maximum atomic E-state index is 5.20. The van der Waals surface area contributed by atoms with Gasteiger partial charge in [-0.3, -0.25) is 0 Å². The van der Waals surface area contributed by atoms with Crippen molar-refractivity contribution in [2.45, 2.75) is 26.7 Å². The van der Waals surface area contributed by atoms with Gasteiger partial charge in [-0.2, -0.15) is 0 Å². The zero-order chi connectivity index (χ0) is 9.23. The summed E-state index contributed by atoms with van der Waals surface area (Å²) in [5.74, 6) is 2.45. The quantitative estimate of drug-likeness (QED) is 0.263. The molecule has 0 amide bonds. The molecule has 0 rings (SSSR count). The van der Waals surface area contributed by atoms with Gasteiger partial charge in [0.2, 0.25) is 0 Å². The lowest BCUT2D eigenvalue weighted by atomic mass is 10.3. The average Bonchev–Trinajstić information content (AvgIpc) is 2.05. The molecule has 0 atom stereocenters. The van der Waals surface area contributed by atoms with E-state index >= 15 is 0 Å². The lowest BCUT2D eigenvalue weighted by Gasteiger charge is -1.96. The van der Waals surface area contributed by atoms with E-state index in [2.05, 4.69) is 12.8 Å². The fourth-order valence-electron chi connectivity index (χ4n) is 0.631. The summed E-state index contributed by atoms with van der Waals surface area (Å²) in [6, 6.07) is 0. The molecular formula is C11H16O. The first-order valence-corrected chi connectivity index (χ1v) is 4.22. The Kier molecular flexibility index (Phi) is 7.17. The Morgan fingerprint density at radius 2 is 2.33 bits per heavy atom. The average molecular weight is 164 g/mol. The number of ether oxygens (including phenoxy) is 1. The normalized spacial score (nSPS) is 11.6. The molecule has 0 saturated carbocycles. The van der Waals surface area contributed by atoms with E-state index in [1.54, 1.807) is 12.3 Å². The van der Waals surface area contributed by atoms with Crippen molar-refractivity contribution in [1.82, 2.24) is 0 Å². The van der Waals surface area contributed by atoms with Crippen LogP contribution in [-0.4, -0.2) is 6.61 Å². The first-order valence-electron chi connectivity index (χ1n) is 4.22. The SMILES string of the molecule is C#CC=C(C)C=COCCCC. The monoisotopic (exact) mass is 164 g/mol. The van der Waals surface area contributed by atoms with Crippen molar-refractivity contribution in [3.63, 3.8) is 0 Å². The van der Waals surface area contributed by atoms with Crippen molar-refractivity contribution in [3.05, 3.63) is 24.0 Å². The van der Waals surface area contributed by atoms with E-state index in [0.29, 0.717) is 0 Å². The third kappa shape index (κ3) is 6.95. The van der Waals surface area contributed by atoms with Crippen molar-refractivity contribution in [2.75, 3.05) is 6.61 Å². The number of hydrogen-bond acceptors (Lipinski definition) is 1. The highest BCUT2D eigenvalue weighted by molar-refractivity contribution is 5.23. The number of allylic oxidation sites excluding steroid dienone is 3. The van der Waals surface area contributed by atoms with Crippen LogP contribution in [0.1, 0.15) is 26.7 Å². The maximum absolute atomic E-state index is 5.20. The van der Waals surface area contributed by atoms with Crippen LogP contribution in [0.4, 0.5) is 0 Å². The van der Waals surface area contributed by atoms with Gasteiger partial charge in [-0.15, -0.1) is 6.42 Å². The van der Waals surface area contributed by atoms with E-state index in [-0.39, 0.29) is 0 Å². The number of unbranched alkanes of at least 4 members (excludes halogenated alkanes) is 1. The first-order chi connectivity index (χ1) is 5.81. The molecule has 0 heterocycles. The molecule has 1 heteroatoms. The summed E-state index contributed by atoms with van der Waals surface area (Å²) in [6.45, 7) is 4.87. The molecule has 0 aromatic carbocycles. The van der Waals surface area contributed by atoms with Crippen LogP contribution in [0.15, 0.2) is 24.0 Å². The topological polar surface area (TPSA) is 9.23 Å². The van der Waals surface area contributed by atoms with Crippen LogP contribution in [0.5, 0.6) is 0 Å². The van der Waals surface area contributed by atoms with Crippen LogP contribution in [0.25, 0.3) is 0 Å². The summed E-state index contributed by atoms with van der Waals surface area (Å²) in [5, 5.41) is 0. The second-order valence-electron chi connectivity index (χ2n) is 2.58. The van der Waals surface area contributed by atoms with E-state index in [9.17, 15) is 0 Å². The minimum Gasteiger partial charge on any atom is -0.501 e. The predicted octanol–water partition coefficient (Wildman–Crippen LogP) is 2.90. The van der Waals surface area contributed by atoms with Crippen LogP contribution in [0.3, 0.4) is 0 Å². The second kappa shape index (κ2) is 7.94. The largest absolute Gasteiger partial charge is 0.501 e. The number of terminal acetylenes is 1. The fourth-order valence-corrected chi connectivity index (χ4v) is 0.631. The molecule has 0 aromatic rings. The molecule has 0 aliphatic carbocycles. The Balaban J connectivity index is 3.50. The van der Waals surface area contributed by atoms with Gasteiger partial charge in [-0.25, -0.2) is 0 Å². The molecule has 0 radical (unpaired) electrons. The van der Waals surface area contributed by atoms with Crippen LogP contribution in [-0.2, 0) is 4.74 Å². The second-order valence-corrected chi connectivity index (χ2v) is 2.58. The molecule has 0 N–H and O–H groups in total. The van der Waals surface area contributed by atoms with E-state index < -0.39 is 0 Å². The van der Waals surface area contributed by atoms with E-state index in [1.807, 2.05) is 13.0 Å². The van der Waals surface area contributed by atoms with Gasteiger partial charge in [-0.1, -0.05) is 19.3 Å². The number of hydrogen-bond donors (Lipinski definition) is 0. The number of rotatable bonds is 5. The van der Waals surface area contributed by atoms with Gasteiger partial charge in [0.05, 0.1) is 12.9 Å². The van der Waals surface area contributed by atoms with Crippen LogP contribution in [0, 0.1) is 12.3 Å². The third-order valence-electron chi connectivity index (χ3n) is 1.35. The van der Waals surface area contributed by atoms with Crippen LogP contribution >= 0.6 is 0 Å². The van der Waals surface area contributed by atoms with Crippen molar-refractivity contribution >= 4 is 0 Å². The summed E-state index contributed by atoms with van der Waals surface area (Å²) in [5.41, 5.74) is 1.04. The lowest BCUT2D eigenvalue weighted by molar-refractivity contribution is 0.243. The standard InChI is InChI=1S/C11H16O/c1-4-6-9-12-10-8-11(3)7-5-2/h2,7-8,10H,4,6,9H2,1,3H3. The smallest absolute Gasteiger partial charge is 0.0873 e. The minimum atomic E-state index is 0.788. The summed E-state index contributed by atoms with van der Waals surface area (Å²) in [4.78, 5) is 0. The van der Waals surface area contributed by atoms with Gasteiger partial charge in [-0.05, 0) is 31.1 Å². The Morgan fingerprint density at radius 1 is 1.58 bits per heavy atom. The summed E-state index contributed by atoms with van der Waals surface area (Å²) < 4.78 is 5.20. The maximum Gasteiger partial charge on any atom is 0.0873 e. The van der Waals surface area contributed by atoms with E-state index in [1.165, 1.54) is 0 Å². The molecule has 0 unspecified atom stereocenters. The molecule has 1 nitrogen and oxygen atoms in total. The van der Waals surface area contributed by atoms with Crippen molar-refractivity contribution in [2.24, 2.45) is 0 Å². The van der Waals surface area contributed by atoms with Crippen LogP contribution in [0.2, 0.25) is 0 Å². The zero-order valence-electron chi connectivity index (χ0n) is 7.84. The summed E-state index contributed by atoms with van der Waals surface area (Å²) in [6.07, 6.45) is 12.6. The summed E-state index contributed by atoms with van der Waals surface area (Å²) in [7, 11) is 0. The third-order valence-corrected chi connectivity index (χ3v) is 1.35. The van der Waals surface area contributed by atoms with Gasteiger partial charge < -0.3 is 4.74 Å². The van der Waals surface area contributed by atoms with Crippen LogP contribution < -0.4 is 0 Å². The van der Waals surface area contributed by atoms with Crippen molar-refractivity contribution < 1.29 is 4.74 Å². The highest BCUT2D eigenvalue weighted by Gasteiger charge is 1.81. The Bertz CT molecular complexity index is 194. The summed E-state index contributed by atoms with van der Waals surface area (Å²) >= 11 is 0. The van der Waals surface area contributed by atoms with E-state index in [4.69, 9.17) is 11.2 Å². The van der Waals surface area contributed by atoms with Gasteiger partial charge in [0.15, 0.2) is 0 Å². The van der Waals surface area contributed by atoms with Gasteiger partial charge in [0, 0.05) is 0 Å². The molecule has 0 aliphatic rings. The Morgan fingerprint density at radius 3 is 2.92 bits per heavy atom. The van der Waals surface area contributed by atoms with Crippen molar-refractivity contribution in [1.29, 1.82) is 0 Å². The molecule has 0 aromatic heterocycles. The highest BCUT2D eigenvalue weighted by atomic mass is 16.5. The predicted molar refractivity (Wildman–Crippen MR) is 52.6 cm³/mol. The van der Waals surface area contributed by atoms with Gasteiger partial charge >= 0.3 is 0 Å². The van der Waals surface area contributed by atoms with Gasteiger partial charge in [0.1, 0.15) is 0 Å². The molecule has 12 heavy (non-hydrogen) atoms. The highest BCUT2D eigenvalue weighted by Crippen LogP contribution is 1.95. The van der Waals surface area contributed by atoms with E-state index in [0.717, 1.165) is 25.0 Å². The molecule has 0 bridgehead atoms. The molecular weight excluding hydrogens is 148 g/mol. The zero-order valence-corrected chi connectivity index (χ0v) is 7.84. The molecule has 0 saturated heterocycles. The molecule has 66 valence electrons. The molecule has 0 aliphatic heterocycles. The Labute approximate surface area is 75.1 Å². The van der Waals surface area contributed by atoms with Gasteiger partial charge in [0.25, 0.3) is 0 Å². The lowest BCUT2D eigenvalue weighted by Crippen LogP contribution is -1.84. The molecule has 0 fully saturated rings. The first kappa shape index (κ1) is 10.8.